The Bertz CT molecular complexity index is 353. The summed E-state index contributed by atoms with van der Waals surface area (Å²) in [4.78, 5) is 0. The first-order valence-corrected chi connectivity index (χ1v) is 6.86. The summed E-state index contributed by atoms with van der Waals surface area (Å²) in [7, 11) is -1.95. The Labute approximate surface area is 103 Å². The molecule has 0 aromatic rings. The summed E-state index contributed by atoms with van der Waals surface area (Å²) < 4.78 is 26.8. The van der Waals surface area contributed by atoms with E-state index in [1.807, 2.05) is 0 Å². The lowest BCUT2D eigenvalue weighted by Crippen LogP contribution is -2.45. The lowest BCUT2D eigenvalue weighted by atomic mass is 10.4. The first-order chi connectivity index (χ1) is 7.77. The van der Waals surface area contributed by atoms with Crippen LogP contribution in [0.1, 0.15) is 27.2 Å². The zero-order valence-electron chi connectivity index (χ0n) is 10.8. The Morgan fingerprint density at radius 3 is 2.35 bits per heavy atom. The predicted molar refractivity (Wildman–Crippen MR) is 67.1 cm³/mol. The minimum absolute atomic E-state index is 0.0193. The molecule has 0 aliphatic rings. The molecule has 0 radical (unpaired) electrons. The predicted octanol–water partition coefficient (Wildman–Crippen LogP) is 0.0298. The van der Waals surface area contributed by atoms with Crippen LogP contribution in [0.15, 0.2) is 5.16 Å². The molecule has 0 amide bonds. The van der Waals surface area contributed by atoms with Crippen LogP contribution in [0.4, 0.5) is 0 Å². The molecule has 102 valence electrons. The van der Waals surface area contributed by atoms with Gasteiger partial charge in [-0.05, 0) is 13.8 Å². The summed E-state index contributed by atoms with van der Waals surface area (Å²) >= 11 is 0. The summed E-state index contributed by atoms with van der Waals surface area (Å²) in [5.74, 6) is 0.0193. The highest BCUT2D eigenvalue weighted by Gasteiger charge is 2.27. The first kappa shape index (κ1) is 16.1. The molecule has 0 unspecified atom stereocenters. The highest BCUT2D eigenvalue weighted by molar-refractivity contribution is 7.86. The maximum atomic E-state index is 12.1. The quantitative estimate of drug-likeness (QED) is 0.294. The van der Waals surface area contributed by atoms with E-state index in [0.29, 0.717) is 6.54 Å². The average molecular weight is 266 g/mol. The molecule has 0 saturated carbocycles. The second kappa shape index (κ2) is 6.77. The number of hydrogen-bond donors (Lipinski definition) is 2. The van der Waals surface area contributed by atoms with Crippen molar-refractivity contribution in [2.24, 2.45) is 10.9 Å². The Hall–Kier alpha value is -0.860. The number of hydrogen-bond acceptors (Lipinski definition) is 4. The van der Waals surface area contributed by atoms with E-state index in [4.69, 9.17) is 10.9 Å². The topological polar surface area (TPSA) is 99.2 Å². The number of rotatable bonds is 7. The largest absolute Gasteiger partial charge is 0.409 e. The molecule has 0 rings (SSSR count). The molecular formula is C9H22N4O3S. The van der Waals surface area contributed by atoms with Gasteiger partial charge in [-0.15, -0.1) is 0 Å². The monoisotopic (exact) mass is 266 g/mol. The second-order valence-corrected chi connectivity index (χ2v) is 5.94. The Morgan fingerprint density at radius 1 is 1.47 bits per heavy atom. The number of amidine groups is 1. The van der Waals surface area contributed by atoms with Gasteiger partial charge in [0.15, 0.2) is 0 Å². The highest BCUT2D eigenvalue weighted by atomic mass is 32.2. The van der Waals surface area contributed by atoms with Gasteiger partial charge in [0.1, 0.15) is 5.84 Å². The van der Waals surface area contributed by atoms with Crippen molar-refractivity contribution in [1.82, 2.24) is 8.61 Å². The fourth-order valence-corrected chi connectivity index (χ4v) is 2.72. The molecule has 8 heteroatoms. The Kier molecular flexibility index (Phi) is 6.43. The van der Waals surface area contributed by atoms with E-state index in [1.54, 1.807) is 20.8 Å². The summed E-state index contributed by atoms with van der Waals surface area (Å²) in [5.41, 5.74) is 5.32. The molecule has 7 nitrogen and oxygen atoms in total. The third-order valence-corrected chi connectivity index (χ3v) is 4.76. The zero-order valence-corrected chi connectivity index (χ0v) is 11.6. The van der Waals surface area contributed by atoms with Crippen LogP contribution in [0.2, 0.25) is 0 Å². The van der Waals surface area contributed by atoms with Gasteiger partial charge in [-0.25, -0.2) is 0 Å². The fraction of sp³-hybridized carbons (Fsp3) is 0.889. The molecule has 0 heterocycles. The van der Waals surface area contributed by atoms with Gasteiger partial charge in [0, 0.05) is 32.6 Å². The van der Waals surface area contributed by atoms with Crippen molar-refractivity contribution in [3.8, 4) is 0 Å². The van der Waals surface area contributed by atoms with E-state index in [2.05, 4.69) is 5.16 Å². The van der Waals surface area contributed by atoms with Crippen molar-refractivity contribution in [2.75, 3.05) is 20.1 Å². The van der Waals surface area contributed by atoms with Crippen LogP contribution in [-0.4, -0.2) is 54.3 Å². The van der Waals surface area contributed by atoms with E-state index in [9.17, 15) is 8.42 Å². The van der Waals surface area contributed by atoms with E-state index in [-0.39, 0.29) is 24.8 Å². The zero-order chi connectivity index (χ0) is 13.6. The lowest BCUT2D eigenvalue weighted by Gasteiger charge is -2.28. The van der Waals surface area contributed by atoms with Crippen LogP contribution in [-0.2, 0) is 10.2 Å². The van der Waals surface area contributed by atoms with Crippen LogP contribution in [0.25, 0.3) is 0 Å². The van der Waals surface area contributed by atoms with Crippen molar-refractivity contribution in [2.45, 2.75) is 33.2 Å². The first-order valence-electron chi connectivity index (χ1n) is 5.46. The average Bonchev–Trinajstić information content (AvgIpc) is 2.27. The lowest BCUT2D eigenvalue weighted by molar-refractivity contribution is 0.314. The Balaban J connectivity index is 4.76. The molecule has 3 N–H and O–H groups in total. The van der Waals surface area contributed by atoms with Crippen molar-refractivity contribution >= 4 is 16.0 Å². The SMILES string of the molecule is CCN(CC/C(N)=N/O)S(=O)(=O)N(C)C(C)C. The second-order valence-electron chi connectivity index (χ2n) is 3.95. The third kappa shape index (κ3) is 4.49. The summed E-state index contributed by atoms with van der Waals surface area (Å²) in [6.45, 7) is 5.89. The van der Waals surface area contributed by atoms with Gasteiger partial charge in [-0.1, -0.05) is 12.1 Å². The van der Waals surface area contributed by atoms with E-state index in [0.717, 1.165) is 0 Å². The van der Waals surface area contributed by atoms with Gasteiger partial charge < -0.3 is 10.9 Å². The number of nitrogens with zero attached hydrogens (tertiary/aromatic N) is 3. The maximum absolute atomic E-state index is 12.1. The number of oxime groups is 1. The minimum atomic E-state index is -3.48. The third-order valence-electron chi connectivity index (χ3n) is 2.52. The fourth-order valence-electron chi connectivity index (χ4n) is 1.17. The van der Waals surface area contributed by atoms with Gasteiger partial charge in [0.25, 0.3) is 10.2 Å². The summed E-state index contributed by atoms with van der Waals surface area (Å²) in [5, 5.41) is 11.2. The maximum Gasteiger partial charge on any atom is 0.281 e. The van der Waals surface area contributed by atoms with Crippen LogP contribution in [0, 0.1) is 0 Å². The van der Waals surface area contributed by atoms with Gasteiger partial charge in [-0.3, -0.25) is 0 Å². The van der Waals surface area contributed by atoms with E-state index >= 15 is 0 Å². The van der Waals surface area contributed by atoms with Gasteiger partial charge in [-0.2, -0.15) is 17.0 Å². The Morgan fingerprint density at radius 2 is 2.00 bits per heavy atom. The van der Waals surface area contributed by atoms with Crippen LogP contribution in [0.3, 0.4) is 0 Å². The molecular weight excluding hydrogens is 244 g/mol. The highest BCUT2D eigenvalue weighted by Crippen LogP contribution is 2.10. The van der Waals surface area contributed by atoms with Crippen molar-refractivity contribution < 1.29 is 13.6 Å². The smallest absolute Gasteiger partial charge is 0.281 e. The van der Waals surface area contributed by atoms with Crippen molar-refractivity contribution in [3.63, 3.8) is 0 Å². The summed E-state index contributed by atoms with van der Waals surface area (Å²) in [6, 6.07) is -0.113. The summed E-state index contributed by atoms with van der Waals surface area (Å²) in [6.07, 6.45) is 0.204. The molecule has 0 saturated heterocycles. The molecule has 0 spiro atoms. The molecule has 0 fully saturated rings. The van der Waals surface area contributed by atoms with Crippen LogP contribution < -0.4 is 5.73 Å². The minimum Gasteiger partial charge on any atom is -0.409 e. The van der Waals surface area contributed by atoms with E-state index < -0.39 is 10.2 Å². The molecule has 0 aromatic heterocycles. The molecule has 0 aliphatic carbocycles. The van der Waals surface area contributed by atoms with Gasteiger partial charge in [0.05, 0.1) is 0 Å². The molecule has 17 heavy (non-hydrogen) atoms. The van der Waals surface area contributed by atoms with Crippen LogP contribution in [0.5, 0.6) is 0 Å². The molecule has 0 aromatic carbocycles. The van der Waals surface area contributed by atoms with Gasteiger partial charge >= 0.3 is 0 Å². The van der Waals surface area contributed by atoms with Crippen molar-refractivity contribution in [1.29, 1.82) is 0 Å². The molecule has 0 aliphatic heterocycles. The van der Waals surface area contributed by atoms with Gasteiger partial charge in [0.2, 0.25) is 0 Å². The standard InChI is InChI=1S/C9H22N4O3S/c1-5-13(7-6-9(10)11-14)17(15,16)12(4)8(2)3/h8,14H,5-7H2,1-4H3,(H2,10,11). The number of nitrogens with two attached hydrogens (primary N) is 1. The van der Waals surface area contributed by atoms with E-state index in [1.165, 1.54) is 15.7 Å². The van der Waals surface area contributed by atoms with Crippen molar-refractivity contribution in [3.05, 3.63) is 0 Å². The van der Waals surface area contributed by atoms with Crippen LogP contribution >= 0.6 is 0 Å². The molecule has 0 bridgehead atoms. The normalized spacial score (nSPS) is 13.9. The molecule has 0 atom stereocenters.